The van der Waals surface area contributed by atoms with E-state index < -0.39 is 0 Å². The molecule has 2 aromatic carbocycles. The third-order valence-electron chi connectivity index (χ3n) is 3.19. The van der Waals surface area contributed by atoms with Gasteiger partial charge in [-0.25, -0.2) is 4.79 Å². The maximum Gasteiger partial charge on any atom is 0.321 e. The second-order valence-corrected chi connectivity index (χ2v) is 5.29. The topological polar surface area (TPSA) is 50.8 Å². The first-order valence-corrected chi connectivity index (χ1v) is 7.51. The van der Waals surface area contributed by atoms with Gasteiger partial charge in [0.15, 0.2) is 0 Å². The monoisotopic (exact) mass is 334 g/mol. The number of halogens is 1. The van der Waals surface area contributed by atoms with Crippen LogP contribution in [0.2, 0.25) is 5.02 Å². The Kier molecular flexibility index (Phi) is 6.11. The van der Waals surface area contributed by atoms with Crippen LogP contribution in [0.5, 0.6) is 11.5 Å². The van der Waals surface area contributed by atoms with Crippen LogP contribution in [0.1, 0.15) is 0 Å². The number of benzene rings is 2. The molecule has 2 rings (SSSR count). The van der Waals surface area contributed by atoms with E-state index in [-0.39, 0.29) is 6.03 Å². The number of nitrogens with zero attached hydrogens (tertiary/aromatic N) is 1. The smallest absolute Gasteiger partial charge is 0.321 e. The van der Waals surface area contributed by atoms with Crippen LogP contribution in [0.15, 0.2) is 48.5 Å². The summed E-state index contributed by atoms with van der Waals surface area (Å²) < 4.78 is 10.8. The molecule has 6 heteroatoms. The van der Waals surface area contributed by atoms with Gasteiger partial charge in [0.1, 0.15) is 18.1 Å². The minimum absolute atomic E-state index is 0.232. The number of methoxy groups -OCH3 is 1. The van der Waals surface area contributed by atoms with Gasteiger partial charge in [0.25, 0.3) is 0 Å². The van der Waals surface area contributed by atoms with Crippen molar-refractivity contribution in [2.45, 2.75) is 0 Å². The molecule has 0 saturated heterocycles. The van der Waals surface area contributed by atoms with Gasteiger partial charge in [-0.3, -0.25) is 0 Å². The fraction of sp³-hybridized carbons (Fsp3) is 0.235. The Morgan fingerprint density at radius 1 is 1.22 bits per heavy atom. The van der Waals surface area contributed by atoms with E-state index in [1.807, 2.05) is 24.3 Å². The van der Waals surface area contributed by atoms with E-state index >= 15 is 0 Å². The molecule has 0 heterocycles. The van der Waals surface area contributed by atoms with Crippen LogP contribution in [-0.4, -0.2) is 38.2 Å². The molecule has 5 nitrogen and oxygen atoms in total. The molecule has 122 valence electrons. The number of hydrogen-bond donors (Lipinski definition) is 1. The molecule has 0 aliphatic carbocycles. The molecule has 1 N–H and O–H groups in total. The number of anilines is 1. The number of likely N-dealkylation sites (N-methyl/N-ethyl adjacent to an activating group) is 1. The Balaban J connectivity index is 1.83. The lowest BCUT2D eigenvalue weighted by molar-refractivity contribution is 0.207. The summed E-state index contributed by atoms with van der Waals surface area (Å²) in [5.41, 5.74) is 0.627. The zero-order valence-electron chi connectivity index (χ0n) is 13.1. The van der Waals surface area contributed by atoms with Gasteiger partial charge in [-0.2, -0.15) is 0 Å². The van der Waals surface area contributed by atoms with E-state index in [1.165, 1.54) is 4.90 Å². The molecule has 0 saturated carbocycles. The lowest BCUT2D eigenvalue weighted by Gasteiger charge is -2.19. The minimum atomic E-state index is -0.232. The van der Waals surface area contributed by atoms with Gasteiger partial charge in [-0.05, 0) is 30.3 Å². The number of rotatable bonds is 6. The highest BCUT2D eigenvalue weighted by atomic mass is 35.5. The highest BCUT2D eigenvalue weighted by Gasteiger charge is 2.11. The zero-order valence-corrected chi connectivity index (χ0v) is 13.8. The van der Waals surface area contributed by atoms with Gasteiger partial charge in [0, 0.05) is 12.1 Å². The molecule has 23 heavy (non-hydrogen) atoms. The van der Waals surface area contributed by atoms with E-state index in [4.69, 9.17) is 21.1 Å². The summed E-state index contributed by atoms with van der Waals surface area (Å²) in [5, 5.41) is 3.42. The fourth-order valence-electron chi connectivity index (χ4n) is 1.92. The maximum absolute atomic E-state index is 12.2. The normalized spacial score (nSPS) is 10.0. The quantitative estimate of drug-likeness (QED) is 0.871. The number of hydrogen-bond acceptors (Lipinski definition) is 3. The number of carbonyl (C=O) groups is 1. The van der Waals surface area contributed by atoms with Crippen LogP contribution < -0.4 is 14.8 Å². The van der Waals surface area contributed by atoms with Crippen molar-refractivity contribution in [1.29, 1.82) is 0 Å². The third kappa shape index (κ3) is 5.07. The van der Waals surface area contributed by atoms with Crippen molar-refractivity contribution < 1.29 is 14.3 Å². The second kappa shape index (κ2) is 8.29. The number of nitrogens with one attached hydrogen (secondary N) is 1. The molecule has 2 aromatic rings. The van der Waals surface area contributed by atoms with Crippen molar-refractivity contribution in [2.24, 2.45) is 0 Å². The molecule has 0 radical (unpaired) electrons. The van der Waals surface area contributed by atoms with E-state index in [0.29, 0.717) is 35.4 Å². The third-order valence-corrected chi connectivity index (χ3v) is 3.42. The van der Waals surface area contributed by atoms with Crippen LogP contribution in [-0.2, 0) is 0 Å². The van der Waals surface area contributed by atoms with Crippen molar-refractivity contribution in [3.05, 3.63) is 53.6 Å². The molecular weight excluding hydrogens is 316 g/mol. The number of urea groups is 1. The Hall–Kier alpha value is -2.40. The predicted molar refractivity (Wildman–Crippen MR) is 91.6 cm³/mol. The first kappa shape index (κ1) is 17.0. The molecule has 0 fully saturated rings. The summed E-state index contributed by atoms with van der Waals surface area (Å²) in [6.07, 6.45) is 0. The van der Waals surface area contributed by atoms with E-state index in [1.54, 1.807) is 38.4 Å². The maximum atomic E-state index is 12.2. The van der Waals surface area contributed by atoms with Gasteiger partial charge < -0.3 is 19.7 Å². The summed E-state index contributed by atoms with van der Waals surface area (Å²) in [6, 6.07) is 14.2. The number of carbonyl (C=O) groups excluding carboxylic acids is 1. The predicted octanol–water partition coefficient (Wildman–Crippen LogP) is 3.89. The van der Waals surface area contributed by atoms with E-state index in [9.17, 15) is 4.79 Å². The first-order valence-electron chi connectivity index (χ1n) is 7.13. The Labute approximate surface area is 140 Å². The number of para-hydroxylation sites is 2. The van der Waals surface area contributed by atoms with Gasteiger partial charge in [-0.1, -0.05) is 29.8 Å². The highest BCUT2D eigenvalue weighted by Crippen LogP contribution is 2.23. The minimum Gasteiger partial charge on any atom is -0.495 e. The Bertz CT molecular complexity index is 664. The summed E-state index contributed by atoms with van der Waals surface area (Å²) in [7, 11) is 3.26. The molecule has 0 aliphatic rings. The van der Waals surface area contributed by atoms with Gasteiger partial charge in [-0.15, -0.1) is 0 Å². The van der Waals surface area contributed by atoms with Crippen molar-refractivity contribution in [3.63, 3.8) is 0 Å². The lowest BCUT2D eigenvalue weighted by Crippen LogP contribution is -2.34. The van der Waals surface area contributed by atoms with Crippen LogP contribution in [0.4, 0.5) is 10.5 Å². The van der Waals surface area contributed by atoms with Crippen molar-refractivity contribution in [2.75, 3.05) is 32.6 Å². The van der Waals surface area contributed by atoms with Crippen LogP contribution in [0.25, 0.3) is 0 Å². The van der Waals surface area contributed by atoms with Crippen LogP contribution >= 0.6 is 11.6 Å². The molecular formula is C17H19ClN2O3. The SMILES string of the molecule is COc1ccccc1NC(=O)N(C)CCOc1cccc(Cl)c1. The van der Waals surface area contributed by atoms with Crippen molar-refractivity contribution in [1.82, 2.24) is 4.90 Å². The van der Waals surface area contributed by atoms with Gasteiger partial charge in [0.05, 0.1) is 19.3 Å². The average Bonchev–Trinajstić information content (AvgIpc) is 2.55. The Morgan fingerprint density at radius 2 is 2.00 bits per heavy atom. The van der Waals surface area contributed by atoms with E-state index in [2.05, 4.69) is 5.32 Å². The molecule has 0 aromatic heterocycles. The lowest BCUT2D eigenvalue weighted by atomic mass is 10.3. The van der Waals surface area contributed by atoms with Crippen LogP contribution in [0.3, 0.4) is 0 Å². The summed E-state index contributed by atoms with van der Waals surface area (Å²) in [5.74, 6) is 1.29. The summed E-state index contributed by atoms with van der Waals surface area (Å²) in [4.78, 5) is 13.7. The van der Waals surface area contributed by atoms with Crippen molar-refractivity contribution >= 4 is 23.3 Å². The molecule has 0 unspecified atom stereocenters. The molecule has 0 atom stereocenters. The number of ether oxygens (including phenoxy) is 2. The van der Waals surface area contributed by atoms with Crippen LogP contribution in [0, 0.1) is 0 Å². The standard InChI is InChI=1S/C17H19ClN2O3/c1-20(10-11-23-14-7-5-6-13(18)12-14)17(21)19-15-8-3-4-9-16(15)22-2/h3-9,12H,10-11H2,1-2H3,(H,19,21). The largest absolute Gasteiger partial charge is 0.495 e. The zero-order chi connectivity index (χ0) is 16.7. The first-order chi connectivity index (χ1) is 11.1. The summed E-state index contributed by atoms with van der Waals surface area (Å²) in [6.45, 7) is 0.809. The summed E-state index contributed by atoms with van der Waals surface area (Å²) >= 11 is 5.89. The number of amides is 2. The fourth-order valence-corrected chi connectivity index (χ4v) is 2.10. The molecule has 0 spiro atoms. The molecule has 2 amide bonds. The Morgan fingerprint density at radius 3 is 2.74 bits per heavy atom. The highest BCUT2D eigenvalue weighted by molar-refractivity contribution is 6.30. The second-order valence-electron chi connectivity index (χ2n) is 4.86. The van der Waals surface area contributed by atoms with Crippen molar-refractivity contribution in [3.8, 4) is 11.5 Å². The molecule has 0 aliphatic heterocycles. The van der Waals surface area contributed by atoms with Gasteiger partial charge >= 0.3 is 6.03 Å². The van der Waals surface area contributed by atoms with Gasteiger partial charge in [0.2, 0.25) is 0 Å². The van der Waals surface area contributed by atoms with E-state index in [0.717, 1.165) is 0 Å². The average molecular weight is 335 g/mol. The molecule has 0 bridgehead atoms.